The van der Waals surface area contributed by atoms with E-state index in [4.69, 9.17) is 28.9 Å². The van der Waals surface area contributed by atoms with Gasteiger partial charge in [0.05, 0.1) is 5.02 Å². The molecule has 0 saturated carbocycles. The summed E-state index contributed by atoms with van der Waals surface area (Å²) in [5, 5.41) is 2.20. The highest BCUT2D eigenvalue weighted by atomic mass is 35.5. The molecule has 2 aromatic heterocycles. The number of rotatable bonds is 2. The third kappa shape index (κ3) is 2.52. The summed E-state index contributed by atoms with van der Waals surface area (Å²) >= 11 is 13.4. The number of anilines is 1. The molecule has 0 aliphatic heterocycles. The van der Waals surface area contributed by atoms with Crippen LogP contribution in [0.15, 0.2) is 52.5 Å². The van der Waals surface area contributed by atoms with Gasteiger partial charge in [-0.3, -0.25) is 4.40 Å². The van der Waals surface area contributed by atoms with Gasteiger partial charge in [0.2, 0.25) is 0 Å². The number of hydrogen-bond donors (Lipinski definition) is 1. The topological polar surface area (TPSA) is 43.3 Å². The quantitative estimate of drug-likeness (QED) is 0.764. The summed E-state index contributed by atoms with van der Waals surface area (Å²) < 4.78 is 1.89. The molecule has 2 N–H and O–H groups in total. The molecule has 0 aliphatic carbocycles. The van der Waals surface area contributed by atoms with Crippen LogP contribution < -0.4 is 5.73 Å². The number of aromatic nitrogens is 2. The van der Waals surface area contributed by atoms with Gasteiger partial charge in [0.25, 0.3) is 0 Å². The molecular formula is C13H9Cl2N3S. The fourth-order valence-corrected chi connectivity index (χ4v) is 2.91. The van der Waals surface area contributed by atoms with Crippen molar-refractivity contribution >= 4 is 46.4 Å². The van der Waals surface area contributed by atoms with Crippen molar-refractivity contribution in [3.05, 3.63) is 52.6 Å². The van der Waals surface area contributed by atoms with Crippen LogP contribution in [0.25, 0.3) is 5.65 Å². The lowest BCUT2D eigenvalue weighted by molar-refractivity contribution is 1.05. The molecule has 0 fully saturated rings. The van der Waals surface area contributed by atoms with E-state index in [1.807, 2.05) is 34.7 Å². The zero-order chi connectivity index (χ0) is 13.4. The maximum absolute atomic E-state index is 6.01. The van der Waals surface area contributed by atoms with Crippen molar-refractivity contribution in [2.24, 2.45) is 0 Å². The molecule has 19 heavy (non-hydrogen) atoms. The predicted molar refractivity (Wildman–Crippen MR) is 80.2 cm³/mol. The number of pyridine rings is 1. The van der Waals surface area contributed by atoms with Crippen LogP contribution in [0.1, 0.15) is 0 Å². The Morgan fingerprint density at radius 1 is 1.00 bits per heavy atom. The van der Waals surface area contributed by atoms with Crippen LogP contribution in [0.2, 0.25) is 10.0 Å². The number of fused-ring (bicyclic) bond motifs is 1. The summed E-state index contributed by atoms with van der Waals surface area (Å²) in [6.45, 7) is 0. The Kier molecular flexibility index (Phi) is 3.31. The van der Waals surface area contributed by atoms with Crippen LogP contribution in [-0.2, 0) is 0 Å². The Labute approximate surface area is 124 Å². The van der Waals surface area contributed by atoms with Gasteiger partial charge in [-0.2, -0.15) is 0 Å². The molecule has 3 nitrogen and oxygen atoms in total. The Morgan fingerprint density at radius 3 is 2.42 bits per heavy atom. The van der Waals surface area contributed by atoms with Gasteiger partial charge in [0, 0.05) is 16.1 Å². The minimum absolute atomic E-state index is 0.488. The minimum Gasteiger partial charge on any atom is -0.381 e. The molecule has 0 saturated heterocycles. The number of hydrogen-bond acceptors (Lipinski definition) is 3. The molecule has 3 aromatic rings. The highest BCUT2D eigenvalue weighted by molar-refractivity contribution is 7.99. The van der Waals surface area contributed by atoms with Crippen molar-refractivity contribution in [2.45, 2.75) is 9.92 Å². The van der Waals surface area contributed by atoms with E-state index < -0.39 is 0 Å². The molecule has 0 atom stereocenters. The largest absolute Gasteiger partial charge is 0.381 e. The third-order valence-corrected chi connectivity index (χ3v) is 4.17. The first-order chi connectivity index (χ1) is 9.13. The molecular weight excluding hydrogens is 301 g/mol. The minimum atomic E-state index is 0.488. The maximum Gasteiger partial charge on any atom is 0.157 e. The van der Waals surface area contributed by atoms with Gasteiger partial charge < -0.3 is 5.73 Å². The molecule has 2 heterocycles. The first-order valence-electron chi connectivity index (χ1n) is 5.50. The Bertz CT molecular complexity index is 737. The standard InChI is InChI=1S/C13H9Cl2N3S/c14-8-1-4-10(5-2-8)19-13-12(16)17-11-6-3-9(15)7-18(11)13/h1-7H,16H2. The van der Waals surface area contributed by atoms with E-state index in [0.29, 0.717) is 15.9 Å². The maximum atomic E-state index is 6.01. The molecule has 0 unspecified atom stereocenters. The van der Waals surface area contributed by atoms with Gasteiger partial charge in [-0.15, -0.1) is 0 Å². The van der Waals surface area contributed by atoms with Gasteiger partial charge >= 0.3 is 0 Å². The molecule has 6 heteroatoms. The van der Waals surface area contributed by atoms with E-state index in [1.165, 1.54) is 11.8 Å². The smallest absolute Gasteiger partial charge is 0.157 e. The lowest BCUT2D eigenvalue weighted by atomic mass is 10.4. The van der Waals surface area contributed by atoms with Crippen LogP contribution in [0, 0.1) is 0 Å². The number of imidazole rings is 1. The molecule has 0 radical (unpaired) electrons. The lowest BCUT2D eigenvalue weighted by Gasteiger charge is -2.03. The summed E-state index contributed by atoms with van der Waals surface area (Å²) in [7, 11) is 0. The zero-order valence-corrected chi connectivity index (χ0v) is 12.0. The second kappa shape index (κ2) is 4.96. The first kappa shape index (κ1) is 12.7. The van der Waals surface area contributed by atoms with Crippen molar-refractivity contribution in [3.8, 4) is 0 Å². The van der Waals surface area contributed by atoms with Crippen molar-refractivity contribution in [1.82, 2.24) is 9.38 Å². The fourth-order valence-electron chi connectivity index (χ4n) is 1.73. The van der Waals surface area contributed by atoms with Crippen molar-refractivity contribution in [2.75, 3.05) is 5.73 Å². The van der Waals surface area contributed by atoms with E-state index in [0.717, 1.165) is 15.6 Å². The second-order valence-corrected chi connectivity index (χ2v) is 5.87. The van der Waals surface area contributed by atoms with E-state index in [9.17, 15) is 0 Å². The SMILES string of the molecule is Nc1nc2ccc(Cl)cn2c1Sc1ccc(Cl)cc1. The molecule has 0 spiro atoms. The summed E-state index contributed by atoms with van der Waals surface area (Å²) in [5.74, 6) is 0.488. The van der Waals surface area contributed by atoms with E-state index in [-0.39, 0.29) is 0 Å². The van der Waals surface area contributed by atoms with Gasteiger partial charge in [-0.05, 0) is 36.4 Å². The number of halogens is 2. The van der Waals surface area contributed by atoms with Crippen molar-refractivity contribution in [1.29, 1.82) is 0 Å². The molecule has 0 amide bonds. The lowest BCUT2D eigenvalue weighted by Crippen LogP contribution is -1.89. The number of benzene rings is 1. The average Bonchev–Trinajstić information content (AvgIpc) is 2.69. The monoisotopic (exact) mass is 309 g/mol. The van der Waals surface area contributed by atoms with Crippen LogP contribution in [-0.4, -0.2) is 9.38 Å². The van der Waals surface area contributed by atoms with Crippen molar-refractivity contribution < 1.29 is 0 Å². The van der Waals surface area contributed by atoms with Crippen LogP contribution in [0.3, 0.4) is 0 Å². The summed E-state index contributed by atoms with van der Waals surface area (Å²) in [4.78, 5) is 5.34. The molecule has 96 valence electrons. The Morgan fingerprint density at radius 2 is 1.68 bits per heavy atom. The van der Waals surface area contributed by atoms with E-state index in [1.54, 1.807) is 12.3 Å². The van der Waals surface area contributed by atoms with Gasteiger partial charge in [-0.25, -0.2) is 4.98 Å². The molecule has 0 bridgehead atoms. The highest BCUT2D eigenvalue weighted by Gasteiger charge is 2.11. The third-order valence-electron chi connectivity index (χ3n) is 2.59. The summed E-state index contributed by atoms with van der Waals surface area (Å²) in [5.41, 5.74) is 6.74. The molecule has 1 aromatic carbocycles. The molecule has 3 rings (SSSR count). The van der Waals surface area contributed by atoms with Crippen molar-refractivity contribution in [3.63, 3.8) is 0 Å². The van der Waals surface area contributed by atoms with Gasteiger partial charge in [0.15, 0.2) is 5.82 Å². The Balaban J connectivity index is 2.06. The van der Waals surface area contributed by atoms with Crippen LogP contribution in [0.4, 0.5) is 5.82 Å². The van der Waals surface area contributed by atoms with Gasteiger partial charge in [0.1, 0.15) is 10.7 Å². The zero-order valence-electron chi connectivity index (χ0n) is 9.68. The highest BCUT2D eigenvalue weighted by Crippen LogP contribution is 2.33. The molecule has 0 aliphatic rings. The first-order valence-corrected chi connectivity index (χ1v) is 7.07. The Hall–Kier alpha value is -1.36. The van der Waals surface area contributed by atoms with Gasteiger partial charge in [-0.1, -0.05) is 35.0 Å². The van der Waals surface area contributed by atoms with Crippen LogP contribution in [0.5, 0.6) is 0 Å². The summed E-state index contributed by atoms with van der Waals surface area (Å²) in [6.07, 6.45) is 1.80. The number of nitrogens with zero attached hydrogens (tertiary/aromatic N) is 2. The summed E-state index contributed by atoms with van der Waals surface area (Å²) in [6, 6.07) is 11.2. The normalized spacial score (nSPS) is 11.1. The second-order valence-electron chi connectivity index (χ2n) is 3.93. The van der Waals surface area contributed by atoms with E-state index >= 15 is 0 Å². The average molecular weight is 310 g/mol. The van der Waals surface area contributed by atoms with Crippen LogP contribution >= 0.6 is 35.0 Å². The van der Waals surface area contributed by atoms with E-state index in [2.05, 4.69) is 4.98 Å². The fraction of sp³-hybridized carbons (Fsp3) is 0. The predicted octanol–water partition coefficient (Wildman–Crippen LogP) is 4.37. The number of nitrogens with two attached hydrogens (primary N) is 1. The number of nitrogen functional groups attached to an aromatic ring is 1.